The predicted octanol–water partition coefficient (Wildman–Crippen LogP) is 2.36. The quantitative estimate of drug-likeness (QED) is 0.820. The highest BCUT2D eigenvalue weighted by Gasteiger charge is 2.39. The second-order valence-electron chi connectivity index (χ2n) is 7.31. The van der Waals surface area contributed by atoms with Gasteiger partial charge in [-0.1, -0.05) is 31.0 Å². The standard InChI is InChI=1S/C18H24N2O3S.ClH/c21-18(16-11-12-5-1-3-7-14(12)19-16)20-15-9-10-24(22,23)17-8-4-2-6-13(15)17;/h2,4,6,8,12,14-16,19H,1,3,5,7,9-11H2,(H,20,21);1H. The van der Waals surface area contributed by atoms with Gasteiger partial charge in [-0.25, -0.2) is 8.42 Å². The van der Waals surface area contributed by atoms with Crippen LogP contribution >= 0.6 is 12.4 Å². The molecule has 0 aromatic heterocycles. The summed E-state index contributed by atoms with van der Waals surface area (Å²) >= 11 is 0. The lowest BCUT2D eigenvalue weighted by Crippen LogP contribution is -2.45. The molecule has 25 heavy (non-hydrogen) atoms. The van der Waals surface area contributed by atoms with Crippen molar-refractivity contribution in [3.05, 3.63) is 29.8 Å². The number of benzene rings is 1. The molecule has 1 saturated carbocycles. The first-order valence-electron chi connectivity index (χ1n) is 8.93. The molecule has 2 aliphatic heterocycles. The second kappa shape index (κ2) is 7.25. The molecule has 138 valence electrons. The normalized spacial score (nSPS) is 32.8. The van der Waals surface area contributed by atoms with E-state index in [1.54, 1.807) is 12.1 Å². The fourth-order valence-corrected chi connectivity index (χ4v) is 6.15. The smallest absolute Gasteiger partial charge is 0.237 e. The summed E-state index contributed by atoms with van der Waals surface area (Å²) in [5, 5.41) is 6.59. The Morgan fingerprint density at radius 3 is 2.68 bits per heavy atom. The monoisotopic (exact) mass is 384 g/mol. The molecular formula is C18H25ClN2O3S. The highest BCUT2D eigenvalue weighted by molar-refractivity contribution is 7.91. The largest absolute Gasteiger partial charge is 0.348 e. The third-order valence-corrected chi connectivity index (χ3v) is 7.62. The molecule has 2 fully saturated rings. The van der Waals surface area contributed by atoms with E-state index in [2.05, 4.69) is 10.6 Å². The van der Waals surface area contributed by atoms with Crippen molar-refractivity contribution in [3.63, 3.8) is 0 Å². The van der Waals surface area contributed by atoms with E-state index in [1.807, 2.05) is 12.1 Å². The van der Waals surface area contributed by atoms with Gasteiger partial charge in [0, 0.05) is 6.04 Å². The van der Waals surface area contributed by atoms with Crippen molar-refractivity contribution < 1.29 is 13.2 Å². The fraction of sp³-hybridized carbons (Fsp3) is 0.611. The number of fused-ring (bicyclic) bond motifs is 2. The molecule has 5 nitrogen and oxygen atoms in total. The lowest BCUT2D eigenvalue weighted by Gasteiger charge is -2.27. The van der Waals surface area contributed by atoms with Crippen molar-refractivity contribution in [1.82, 2.24) is 10.6 Å². The minimum Gasteiger partial charge on any atom is -0.348 e. The molecule has 2 N–H and O–H groups in total. The van der Waals surface area contributed by atoms with Gasteiger partial charge in [0.05, 0.1) is 22.7 Å². The van der Waals surface area contributed by atoms with Gasteiger partial charge in [-0.2, -0.15) is 0 Å². The van der Waals surface area contributed by atoms with Crippen LogP contribution in [0.25, 0.3) is 0 Å². The highest BCUT2D eigenvalue weighted by atomic mass is 35.5. The SMILES string of the molecule is Cl.O=C(NC1CCS(=O)(=O)c2ccccc21)C1CC2CCCCC2N1. The maximum atomic E-state index is 12.7. The van der Waals surface area contributed by atoms with Crippen LogP contribution in [0.3, 0.4) is 0 Å². The van der Waals surface area contributed by atoms with Gasteiger partial charge in [0.2, 0.25) is 5.91 Å². The van der Waals surface area contributed by atoms with Gasteiger partial charge in [-0.3, -0.25) is 4.79 Å². The van der Waals surface area contributed by atoms with Crippen molar-refractivity contribution in [2.24, 2.45) is 5.92 Å². The average molecular weight is 385 g/mol. The number of sulfone groups is 1. The minimum absolute atomic E-state index is 0. The van der Waals surface area contributed by atoms with Crippen LogP contribution in [0.2, 0.25) is 0 Å². The van der Waals surface area contributed by atoms with Gasteiger partial charge in [-0.15, -0.1) is 12.4 Å². The molecular weight excluding hydrogens is 360 g/mol. The van der Waals surface area contributed by atoms with Gasteiger partial charge in [-0.05, 0) is 43.2 Å². The molecule has 3 aliphatic rings. The Morgan fingerprint density at radius 2 is 1.88 bits per heavy atom. The van der Waals surface area contributed by atoms with Crippen molar-refractivity contribution in [2.45, 2.75) is 61.5 Å². The number of hydrogen-bond acceptors (Lipinski definition) is 4. The van der Waals surface area contributed by atoms with Crippen molar-refractivity contribution in [3.8, 4) is 0 Å². The molecule has 7 heteroatoms. The van der Waals surface area contributed by atoms with Gasteiger partial charge < -0.3 is 10.6 Å². The zero-order valence-corrected chi connectivity index (χ0v) is 15.7. The van der Waals surface area contributed by atoms with Crippen molar-refractivity contribution >= 4 is 28.2 Å². The molecule has 1 saturated heterocycles. The third-order valence-electron chi connectivity index (χ3n) is 5.80. The van der Waals surface area contributed by atoms with Gasteiger partial charge >= 0.3 is 0 Å². The number of nitrogens with one attached hydrogen (secondary N) is 2. The van der Waals surface area contributed by atoms with E-state index in [0.717, 1.165) is 12.0 Å². The summed E-state index contributed by atoms with van der Waals surface area (Å²) in [6, 6.07) is 7.17. The molecule has 4 unspecified atom stereocenters. The van der Waals surface area contributed by atoms with Gasteiger partial charge in [0.25, 0.3) is 0 Å². The summed E-state index contributed by atoms with van der Waals surface area (Å²) in [6.45, 7) is 0. The number of amides is 1. The number of hydrogen-bond donors (Lipinski definition) is 2. The van der Waals surface area contributed by atoms with Crippen LogP contribution in [-0.4, -0.2) is 32.2 Å². The second-order valence-corrected chi connectivity index (χ2v) is 9.39. The summed E-state index contributed by atoms with van der Waals surface area (Å²) in [7, 11) is -3.21. The number of rotatable bonds is 2. The Bertz CT molecular complexity index is 738. The van der Waals surface area contributed by atoms with E-state index >= 15 is 0 Å². The summed E-state index contributed by atoms with van der Waals surface area (Å²) in [5.41, 5.74) is 0.729. The van der Waals surface area contributed by atoms with E-state index in [9.17, 15) is 13.2 Å². The molecule has 1 aromatic carbocycles. The van der Waals surface area contributed by atoms with Gasteiger partial charge in [0.1, 0.15) is 0 Å². The highest BCUT2D eigenvalue weighted by Crippen LogP contribution is 2.35. The zero-order chi connectivity index (χ0) is 16.7. The van der Waals surface area contributed by atoms with E-state index in [1.165, 1.54) is 25.7 Å². The minimum atomic E-state index is -3.21. The van der Waals surface area contributed by atoms with Crippen LogP contribution in [0.15, 0.2) is 29.2 Å². The summed E-state index contributed by atoms with van der Waals surface area (Å²) in [5.74, 6) is 0.732. The van der Waals surface area contributed by atoms with Gasteiger partial charge in [0.15, 0.2) is 9.84 Å². The number of carbonyl (C=O) groups excluding carboxylic acids is 1. The fourth-order valence-electron chi connectivity index (χ4n) is 4.53. The molecule has 0 spiro atoms. The molecule has 4 rings (SSSR count). The van der Waals surface area contributed by atoms with Crippen LogP contribution in [0.5, 0.6) is 0 Å². The third kappa shape index (κ3) is 3.57. The zero-order valence-electron chi connectivity index (χ0n) is 14.1. The van der Waals surface area contributed by atoms with Crippen LogP contribution < -0.4 is 10.6 Å². The molecule has 1 aromatic rings. The summed E-state index contributed by atoms with van der Waals surface area (Å²) < 4.78 is 24.4. The first-order valence-corrected chi connectivity index (χ1v) is 10.6. The average Bonchev–Trinajstić information content (AvgIpc) is 3.02. The number of halogens is 1. The van der Waals surface area contributed by atoms with Crippen molar-refractivity contribution in [1.29, 1.82) is 0 Å². The Hall–Kier alpha value is -1.11. The van der Waals surface area contributed by atoms with Crippen molar-refractivity contribution in [2.75, 3.05) is 5.75 Å². The Labute approximate surface area is 155 Å². The summed E-state index contributed by atoms with van der Waals surface area (Å²) in [4.78, 5) is 13.1. The predicted molar refractivity (Wildman–Crippen MR) is 98.5 cm³/mol. The maximum Gasteiger partial charge on any atom is 0.237 e. The topological polar surface area (TPSA) is 75.3 Å². The van der Waals surface area contributed by atoms with E-state index in [4.69, 9.17) is 0 Å². The van der Waals surface area contributed by atoms with Crippen LogP contribution in [0.1, 0.15) is 50.1 Å². The lowest BCUT2D eigenvalue weighted by molar-refractivity contribution is -0.123. The first-order chi connectivity index (χ1) is 11.5. The first kappa shape index (κ1) is 18.7. The number of carbonyl (C=O) groups is 1. The molecule has 0 bridgehead atoms. The van der Waals surface area contributed by atoms with Crippen LogP contribution in [-0.2, 0) is 14.6 Å². The van der Waals surface area contributed by atoms with E-state index < -0.39 is 9.84 Å². The maximum absolute atomic E-state index is 12.7. The Kier molecular flexibility index (Phi) is 5.42. The van der Waals surface area contributed by atoms with E-state index in [-0.39, 0.29) is 36.2 Å². The molecule has 4 atom stereocenters. The molecule has 1 amide bonds. The van der Waals surface area contributed by atoms with E-state index in [0.29, 0.717) is 23.3 Å². The lowest BCUT2D eigenvalue weighted by atomic mass is 9.85. The van der Waals surface area contributed by atoms with Crippen LogP contribution in [0, 0.1) is 5.92 Å². The van der Waals surface area contributed by atoms with Crippen LogP contribution in [0.4, 0.5) is 0 Å². The Balaban J connectivity index is 0.00000182. The molecule has 2 heterocycles. The molecule has 0 radical (unpaired) electrons. The summed E-state index contributed by atoms with van der Waals surface area (Å²) in [6.07, 6.45) is 6.25. The Morgan fingerprint density at radius 1 is 1.12 bits per heavy atom. The molecule has 1 aliphatic carbocycles.